The number of rotatable bonds is 6. The number of hydrogen-bond acceptors (Lipinski definition) is 5. The van der Waals surface area contributed by atoms with E-state index in [0.29, 0.717) is 16.1 Å². The second-order valence-corrected chi connectivity index (χ2v) is 9.24. The number of hydrazone groups is 1. The second kappa shape index (κ2) is 9.44. The highest BCUT2D eigenvalue weighted by atomic mass is 35.5. The van der Waals surface area contributed by atoms with Gasteiger partial charge in [-0.1, -0.05) is 59.6 Å². The molecule has 0 bridgehead atoms. The van der Waals surface area contributed by atoms with Gasteiger partial charge < -0.3 is 4.18 Å². The summed E-state index contributed by atoms with van der Waals surface area (Å²) in [6.07, 6.45) is 1.37. The summed E-state index contributed by atoms with van der Waals surface area (Å²) in [4.78, 5) is 12.4. The molecule has 4 aromatic carbocycles. The van der Waals surface area contributed by atoms with Crippen LogP contribution < -0.4 is 9.61 Å². The van der Waals surface area contributed by atoms with Gasteiger partial charge in [-0.25, -0.2) is 5.43 Å². The molecule has 8 heteroatoms. The van der Waals surface area contributed by atoms with E-state index in [-0.39, 0.29) is 10.6 Å². The first kappa shape index (κ1) is 22.5. The Kier molecular flexibility index (Phi) is 6.44. The summed E-state index contributed by atoms with van der Waals surface area (Å²) >= 11 is 5.85. The van der Waals surface area contributed by atoms with E-state index in [1.54, 1.807) is 48.5 Å². The van der Waals surface area contributed by atoms with Crippen LogP contribution in [0.5, 0.6) is 5.75 Å². The van der Waals surface area contributed by atoms with Crippen molar-refractivity contribution in [2.45, 2.75) is 11.8 Å². The number of nitrogens with one attached hydrogen (secondary N) is 1. The Morgan fingerprint density at radius 1 is 0.939 bits per heavy atom. The average molecular weight is 479 g/mol. The predicted molar refractivity (Wildman–Crippen MR) is 129 cm³/mol. The smallest absolute Gasteiger partial charge is 0.339 e. The number of carbonyl (C=O) groups is 1. The first-order valence-corrected chi connectivity index (χ1v) is 11.7. The molecule has 0 spiro atoms. The molecule has 6 nitrogen and oxygen atoms in total. The number of hydrogen-bond donors (Lipinski definition) is 1. The van der Waals surface area contributed by atoms with Crippen molar-refractivity contribution in [1.29, 1.82) is 0 Å². The average Bonchev–Trinajstić information content (AvgIpc) is 2.80. The molecule has 1 amide bonds. The summed E-state index contributed by atoms with van der Waals surface area (Å²) in [5.41, 5.74) is 4.18. The van der Waals surface area contributed by atoms with Crippen LogP contribution in [0.1, 0.15) is 21.5 Å². The molecule has 0 saturated carbocycles. The number of nitrogens with zero attached hydrogens (tertiary/aromatic N) is 1. The van der Waals surface area contributed by atoms with Gasteiger partial charge in [0.15, 0.2) is 5.75 Å². The van der Waals surface area contributed by atoms with Gasteiger partial charge in [0.2, 0.25) is 0 Å². The van der Waals surface area contributed by atoms with Gasteiger partial charge in [0.25, 0.3) is 5.91 Å². The van der Waals surface area contributed by atoms with Crippen LogP contribution in [0.3, 0.4) is 0 Å². The van der Waals surface area contributed by atoms with Gasteiger partial charge in [-0.05, 0) is 60.2 Å². The summed E-state index contributed by atoms with van der Waals surface area (Å²) in [6.45, 7) is 1.87. The van der Waals surface area contributed by atoms with E-state index in [2.05, 4.69) is 10.5 Å². The molecule has 0 fully saturated rings. The van der Waals surface area contributed by atoms with Gasteiger partial charge in [0.1, 0.15) is 4.90 Å². The lowest BCUT2D eigenvalue weighted by Crippen LogP contribution is -2.17. The van der Waals surface area contributed by atoms with Gasteiger partial charge >= 0.3 is 10.1 Å². The van der Waals surface area contributed by atoms with Crippen molar-refractivity contribution >= 4 is 44.6 Å². The van der Waals surface area contributed by atoms with E-state index < -0.39 is 16.0 Å². The Hall–Kier alpha value is -3.68. The zero-order valence-corrected chi connectivity index (χ0v) is 19.1. The minimum absolute atomic E-state index is 0.0418. The van der Waals surface area contributed by atoms with Crippen molar-refractivity contribution < 1.29 is 17.4 Å². The molecule has 0 aliphatic carbocycles. The van der Waals surface area contributed by atoms with Crippen molar-refractivity contribution in [2.24, 2.45) is 5.10 Å². The number of amides is 1. The molecule has 0 atom stereocenters. The molecule has 0 aliphatic heterocycles. The van der Waals surface area contributed by atoms with Crippen LogP contribution in [0.4, 0.5) is 0 Å². The van der Waals surface area contributed by atoms with Crippen LogP contribution in [0.2, 0.25) is 5.02 Å². The Labute approximate surface area is 196 Å². The number of aryl methyl sites for hydroxylation is 1. The van der Waals surface area contributed by atoms with E-state index in [1.807, 2.05) is 31.2 Å². The van der Waals surface area contributed by atoms with Crippen LogP contribution in [0.25, 0.3) is 10.8 Å². The van der Waals surface area contributed by atoms with Gasteiger partial charge in [-0.15, -0.1) is 0 Å². The highest BCUT2D eigenvalue weighted by Crippen LogP contribution is 2.29. The summed E-state index contributed by atoms with van der Waals surface area (Å²) in [6, 6.07) is 23.5. The zero-order chi connectivity index (χ0) is 23.4. The molecule has 166 valence electrons. The molecule has 0 heterocycles. The third kappa shape index (κ3) is 5.22. The zero-order valence-electron chi connectivity index (χ0n) is 17.5. The van der Waals surface area contributed by atoms with Gasteiger partial charge in [0, 0.05) is 16.1 Å². The van der Waals surface area contributed by atoms with Crippen molar-refractivity contribution in [3.05, 3.63) is 107 Å². The largest absolute Gasteiger partial charge is 0.378 e. The van der Waals surface area contributed by atoms with Crippen molar-refractivity contribution in [3.8, 4) is 5.75 Å². The number of benzene rings is 4. The maximum atomic E-state index is 12.8. The third-order valence-electron chi connectivity index (χ3n) is 4.91. The molecule has 4 aromatic rings. The first-order chi connectivity index (χ1) is 15.8. The van der Waals surface area contributed by atoms with Crippen molar-refractivity contribution in [1.82, 2.24) is 5.43 Å². The summed E-state index contributed by atoms with van der Waals surface area (Å²) in [5, 5.41) is 6.13. The first-order valence-electron chi connectivity index (χ1n) is 9.95. The Balaban J connectivity index is 1.66. The Bertz CT molecular complexity index is 1450. The molecule has 0 radical (unpaired) electrons. The van der Waals surface area contributed by atoms with Crippen molar-refractivity contribution in [2.75, 3.05) is 0 Å². The van der Waals surface area contributed by atoms with Crippen LogP contribution in [-0.4, -0.2) is 20.5 Å². The summed E-state index contributed by atoms with van der Waals surface area (Å²) in [5.74, 6) is -0.336. The maximum absolute atomic E-state index is 12.8. The molecule has 33 heavy (non-hydrogen) atoms. The van der Waals surface area contributed by atoms with Crippen LogP contribution >= 0.6 is 11.6 Å². The molecule has 1 N–H and O–H groups in total. The monoisotopic (exact) mass is 478 g/mol. The number of halogens is 1. The molecular weight excluding hydrogens is 460 g/mol. The number of carbonyl (C=O) groups excluding carboxylic acids is 1. The van der Waals surface area contributed by atoms with E-state index in [9.17, 15) is 13.2 Å². The minimum Gasteiger partial charge on any atom is -0.378 e. The lowest BCUT2D eigenvalue weighted by molar-refractivity contribution is 0.0955. The van der Waals surface area contributed by atoms with Gasteiger partial charge in [0.05, 0.1) is 6.21 Å². The summed E-state index contributed by atoms with van der Waals surface area (Å²) < 4.78 is 31.2. The van der Waals surface area contributed by atoms with E-state index in [1.165, 1.54) is 18.3 Å². The fourth-order valence-electron chi connectivity index (χ4n) is 3.17. The third-order valence-corrected chi connectivity index (χ3v) is 6.41. The van der Waals surface area contributed by atoms with Crippen molar-refractivity contribution in [3.63, 3.8) is 0 Å². The highest BCUT2D eigenvalue weighted by molar-refractivity contribution is 7.87. The molecule has 0 aliphatic rings. The fraction of sp³-hybridized carbons (Fsp3) is 0.0400. The lowest BCUT2D eigenvalue weighted by atomic mass is 10.0. The lowest BCUT2D eigenvalue weighted by Gasteiger charge is -2.12. The van der Waals surface area contributed by atoms with Crippen LogP contribution in [0.15, 0.2) is 94.9 Å². The molecule has 0 unspecified atom stereocenters. The van der Waals surface area contributed by atoms with E-state index in [4.69, 9.17) is 15.8 Å². The van der Waals surface area contributed by atoms with Gasteiger partial charge in [-0.3, -0.25) is 4.79 Å². The molecule has 0 saturated heterocycles. The number of fused-ring (bicyclic) bond motifs is 1. The normalized spacial score (nSPS) is 11.6. The molecule has 4 rings (SSSR count). The van der Waals surface area contributed by atoms with E-state index >= 15 is 0 Å². The quantitative estimate of drug-likeness (QED) is 0.230. The van der Waals surface area contributed by atoms with Gasteiger partial charge in [-0.2, -0.15) is 13.5 Å². The second-order valence-electron chi connectivity index (χ2n) is 7.26. The highest BCUT2D eigenvalue weighted by Gasteiger charge is 2.19. The topological polar surface area (TPSA) is 84.8 Å². The Morgan fingerprint density at radius 2 is 1.64 bits per heavy atom. The fourth-order valence-corrected chi connectivity index (χ4v) is 4.25. The van der Waals surface area contributed by atoms with E-state index in [0.717, 1.165) is 16.3 Å². The maximum Gasteiger partial charge on any atom is 0.339 e. The predicted octanol–water partition coefficient (Wildman–Crippen LogP) is 5.33. The SMILES string of the molecule is Cc1ccc(S(=O)(=O)Oc2ccc3ccccc3c2/C=N\NC(=O)c2ccc(Cl)cc2)cc1. The van der Waals surface area contributed by atoms with Crippen LogP contribution in [0, 0.1) is 6.92 Å². The Morgan fingerprint density at radius 3 is 2.36 bits per heavy atom. The molecular formula is C25H19ClN2O4S. The minimum atomic E-state index is -4.07. The summed E-state index contributed by atoms with van der Waals surface area (Å²) in [7, 11) is -4.07. The van der Waals surface area contributed by atoms with Crippen LogP contribution in [-0.2, 0) is 10.1 Å². The standard InChI is InChI=1S/C25H19ClN2O4S/c1-17-6-13-21(14-7-17)33(30,31)32-24-15-10-18-4-2-3-5-22(18)23(24)16-27-28-25(29)19-8-11-20(26)12-9-19/h2-16H,1H3,(H,28,29)/b27-16-. The molecule has 0 aromatic heterocycles.